The average Bonchev–Trinajstić information content (AvgIpc) is 3.51. The molecule has 42 heavy (non-hydrogen) atoms. The summed E-state index contributed by atoms with van der Waals surface area (Å²) in [6, 6.07) is 3.02. The maximum atomic E-state index is 15.1. The lowest BCUT2D eigenvalue weighted by Gasteiger charge is -2.40. The minimum atomic E-state index is -0.774. The molecule has 1 aliphatic carbocycles. The Balaban J connectivity index is 1.50. The number of imidazole rings is 1. The van der Waals surface area contributed by atoms with Crippen molar-refractivity contribution in [2.75, 3.05) is 25.0 Å². The molecule has 2 aromatic heterocycles. The fourth-order valence-corrected chi connectivity index (χ4v) is 4.59. The van der Waals surface area contributed by atoms with Crippen molar-refractivity contribution >= 4 is 34.7 Å². The third kappa shape index (κ3) is 5.89. The van der Waals surface area contributed by atoms with Gasteiger partial charge in [0.05, 0.1) is 35.5 Å². The topological polar surface area (TPSA) is 99.1 Å². The van der Waals surface area contributed by atoms with Crippen molar-refractivity contribution in [2.24, 2.45) is 0 Å². The molecule has 220 valence electrons. The van der Waals surface area contributed by atoms with Gasteiger partial charge in [0, 0.05) is 32.2 Å². The van der Waals surface area contributed by atoms with Gasteiger partial charge in [-0.2, -0.15) is 5.10 Å². The lowest BCUT2D eigenvalue weighted by atomic mass is 10.1. The minimum Gasteiger partial charge on any atom is -0.444 e. The Labute approximate surface area is 244 Å². The zero-order chi connectivity index (χ0) is 30.6. The van der Waals surface area contributed by atoms with Gasteiger partial charge in [-0.05, 0) is 60.5 Å². The van der Waals surface area contributed by atoms with Crippen LogP contribution >= 0.6 is 0 Å². The van der Waals surface area contributed by atoms with Crippen LogP contribution in [0.25, 0.3) is 15.9 Å². The van der Waals surface area contributed by atoms with Crippen molar-refractivity contribution in [1.82, 2.24) is 24.2 Å². The van der Waals surface area contributed by atoms with Gasteiger partial charge in [0.15, 0.2) is 0 Å². The fourth-order valence-electron chi connectivity index (χ4n) is 4.59. The van der Waals surface area contributed by atoms with E-state index in [1.807, 2.05) is 4.57 Å². The maximum absolute atomic E-state index is 15.1. The number of likely N-dealkylation sites (tertiary alicyclic amines) is 1. The Hall–Kier alpha value is -4.58. The first kappa shape index (κ1) is 28.9. The highest BCUT2D eigenvalue weighted by atomic mass is 19.1. The van der Waals surface area contributed by atoms with Crippen molar-refractivity contribution in [1.29, 1.82) is 0 Å². The van der Waals surface area contributed by atoms with Crippen LogP contribution in [-0.4, -0.2) is 67.8 Å². The summed E-state index contributed by atoms with van der Waals surface area (Å²) in [5.74, 6) is 5.33. The van der Waals surface area contributed by atoms with Gasteiger partial charge in [0.25, 0.3) is 5.69 Å². The maximum Gasteiger partial charge on any atom is 0.414 e. The summed E-state index contributed by atoms with van der Waals surface area (Å²) < 4.78 is 29.6. The molecule has 0 unspecified atom stereocenters. The summed E-state index contributed by atoms with van der Waals surface area (Å²) in [4.78, 5) is 36.3. The van der Waals surface area contributed by atoms with Crippen LogP contribution in [0.4, 0.5) is 25.5 Å². The number of nitrogens with zero attached hydrogens (tertiary/aromatic N) is 7. The zero-order valence-corrected chi connectivity index (χ0v) is 24.9. The van der Waals surface area contributed by atoms with Crippen molar-refractivity contribution in [3.05, 3.63) is 47.0 Å². The molecular weight excluding hydrogens is 541 g/mol. The lowest BCUT2D eigenvalue weighted by Crippen LogP contribution is -2.53. The number of hydrogen-bond donors (Lipinski definition) is 0. The molecule has 11 nitrogen and oxygen atoms in total. The van der Waals surface area contributed by atoms with Crippen LogP contribution in [0.3, 0.4) is 0 Å². The molecule has 1 aliphatic heterocycles. The van der Waals surface area contributed by atoms with E-state index in [2.05, 4.69) is 26.8 Å². The Bertz CT molecular complexity index is 1670. The smallest absolute Gasteiger partial charge is 0.414 e. The second-order valence-corrected chi connectivity index (χ2v) is 12.6. The predicted molar refractivity (Wildman–Crippen MR) is 154 cm³/mol. The van der Waals surface area contributed by atoms with Gasteiger partial charge in [-0.1, -0.05) is 11.8 Å². The highest BCUT2D eigenvalue weighted by Gasteiger charge is 2.39. The van der Waals surface area contributed by atoms with Crippen molar-refractivity contribution < 1.29 is 23.5 Å². The molecule has 2 amide bonds. The number of ether oxygens (including phenoxy) is 2. The Morgan fingerprint density at radius 3 is 2.33 bits per heavy atom. The van der Waals surface area contributed by atoms with E-state index in [0.717, 1.165) is 12.8 Å². The summed E-state index contributed by atoms with van der Waals surface area (Å²) in [6.45, 7) is 19.0. The Morgan fingerprint density at radius 2 is 1.74 bits per heavy atom. The van der Waals surface area contributed by atoms with Crippen molar-refractivity contribution in [2.45, 2.75) is 77.7 Å². The molecule has 0 radical (unpaired) electrons. The largest absolute Gasteiger partial charge is 0.444 e. The molecule has 3 aromatic rings. The first-order valence-corrected chi connectivity index (χ1v) is 13.8. The van der Waals surface area contributed by atoms with Gasteiger partial charge < -0.3 is 18.9 Å². The number of halogens is 1. The number of hydrogen-bond acceptors (Lipinski definition) is 6. The molecule has 3 heterocycles. The summed E-state index contributed by atoms with van der Waals surface area (Å²) in [5.41, 5.74) is 0.141. The Morgan fingerprint density at radius 1 is 1.07 bits per heavy atom. The van der Waals surface area contributed by atoms with E-state index >= 15 is 4.39 Å². The summed E-state index contributed by atoms with van der Waals surface area (Å²) in [6.07, 6.45) is 2.67. The van der Waals surface area contributed by atoms with Gasteiger partial charge in [-0.15, -0.1) is 0 Å². The number of aromatic nitrogens is 4. The van der Waals surface area contributed by atoms with Crippen molar-refractivity contribution in [3.63, 3.8) is 0 Å². The molecule has 0 atom stereocenters. The molecule has 1 saturated carbocycles. The van der Waals surface area contributed by atoms with Crippen LogP contribution < -0.4 is 4.90 Å². The first-order chi connectivity index (χ1) is 19.6. The monoisotopic (exact) mass is 575 g/mol. The second-order valence-electron chi connectivity index (χ2n) is 12.6. The highest BCUT2D eigenvalue weighted by Crippen LogP contribution is 2.39. The summed E-state index contributed by atoms with van der Waals surface area (Å²) in [5, 5.41) is 4.57. The van der Waals surface area contributed by atoms with E-state index in [9.17, 15) is 9.59 Å². The van der Waals surface area contributed by atoms with Crippen molar-refractivity contribution in [3.8, 4) is 11.8 Å². The average molecular weight is 576 g/mol. The molecular formula is C30H34FN7O4. The number of carbonyl (C=O) groups is 2. The first-order valence-electron chi connectivity index (χ1n) is 13.8. The molecule has 0 spiro atoms. The molecule has 0 bridgehead atoms. The number of fused-ring (bicyclic) bond motifs is 1. The van der Waals surface area contributed by atoms with Gasteiger partial charge in [-0.3, -0.25) is 9.58 Å². The predicted octanol–water partition coefficient (Wildman–Crippen LogP) is 5.82. The van der Waals surface area contributed by atoms with Gasteiger partial charge >= 0.3 is 12.2 Å². The number of rotatable bonds is 3. The number of carbonyl (C=O) groups excluding carboxylic acids is 2. The third-order valence-corrected chi connectivity index (χ3v) is 6.74. The lowest BCUT2D eigenvalue weighted by molar-refractivity contribution is -0.000364. The van der Waals surface area contributed by atoms with Crippen LogP contribution in [0.1, 0.15) is 77.7 Å². The molecule has 1 saturated heterocycles. The summed E-state index contributed by atoms with van der Waals surface area (Å²) in [7, 11) is 1.49. The normalized spacial score (nSPS) is 15.5. The summed E-state index contributed by atoms with van der Waals surface area (Å²) >= 11 is 0. The van der Waals surface area contributed by atoms with Gasteiger partial charge in [0.2, 0.25) is 0 Å². The standard InChI is InChI=1S/C30H34FN7O4/c1-29(2,3)41-27(39)35(8)26-25(32-7)22(34-38(26)20-15-36(16-20)28(40)42-30(4,5)6)12-9-18-13-23-24(14-21(18)31)37(17-33-23)19-10-11-19/h13-14,17,19-20H,10-11,15-16H2,1-6,8H3. The molecule has 2 fully saturated rings. The Kier molecular flexibility index (Phi) is 7.13. The molecule has 0 N–H and O–H groups in total. The molecule has 12 heteroatoms. The number of amides is 2. The van der Waals surface area contributed by atoms with Gasteiger partial charge in [-0.25, -0.2) is 23.8 Å². The molecule has 5 rings (SSSR count). The van der Waals surface area contributed by atoms with Crippen LogP contribution in [0.5, 0.6) is 0 Å². The third-order valence-electron chi connectivity index (χ3n) is 6.74. The quantitative estimate of drug-likeness (QED) is 0.288. The van der Waals surface area contributed by atoms with E-state index < -0.39 is 29.2 Å². The minimum absolute atomic E-state index is 0.0195. The van der Waals surface area contributed by atoms with E-state index in [1.54, 1.807) is 53.9 Å². The van der Waals surface area contributed by atoms with Crippen LogP contribution in [0.2, 0.25) is 0 Å². The van der Waals surface area contributed by atoms with E-state index in [1.165, 1.54) is 27.6 Å². The number of benzene rings is 1. The fraction of sp³-hybridized carbons (Fsp3) is 0.500. The zero-order valence-electron chi connectivity index (χ0n) is 24.9. The van der Waals surface area contributed by atoms with E-state index in [4.69, 9.17) is 16.0 Å². The van der Waals surface area contributed by atoms with Crippen LogP contribution in [0.15, 0.2) is 18.5 Å². The van der Waals surface area contributed by atoms with E-state index in [0.29, 0.717) is 17.1 Å². The van der Waals surface area contributed by atoms with Gasteiger partial charge in [0.1, 0.15) is 28.5 Å². The van der Waals surface area contributed by atoms with Crippen LogP contribution in [0, 0.1) is 24.2 Å². The SMILES string of the molecule is [C-]#[N+]c1c(C#Cc2cc3ncn(C4CC4)c3cc2F)nn(C2CN(C(=O)OC(C)(C)C)C2)c1N(C)C(=O)OC(C)(C)C. The highest BCUT2D eigenvalue weighted by molar-refractivity contribution is 5.92. The molecule has 2 aliphatic rings. The van der Waals surface area contributed by atoms with E-state index in [-0.39, 0.29) is 41.9 Å². The van der Waals surface area contributed by atoms with Crippen LogP contribution in [-0.2, 0) is 9.47 Å². The number of anilines is 1. The molecule has 1 aromatic carbocycles. The second kappa shape index (κ2) is 10.4.